The minimum absolute atomic E-state index is 0.113. The van der Waals surface area contributed by atoms with Gasteiger partial charge >= 0.3 is 0 Å². The molecule has 1 amide bonds. The Bertz CT molecular complexity index is 1240. The molecule has 0 bridgehead atoms. The second-order valence-corrected chi connectivity index (χ2v) is 7.49. The lowest BCUT2D eigenvalue weighted by Gasteiger charge is -2.26. The first-order valence-corrected chi connectivity index (χ1v) is 9.85. The number of carbonyl (C=O) groups is 1. The fraction of sp³-hybridized carbons (Fsp3) is 0.273. The summed E-state index contributed by atoms with van der Waals surface area (Å²) in [6, 6.07) is 14.3. The predicted molar refractivity (Wildman–Crippen MR) is 110 cm³/mol. The third-order valence-corrected chi connectivity index (χ3v) is 5.70. The van der Waals surface area contributed by atoms with E-state index in [0.29, 0.717) is 11.9 Å². The van der Waals surface area contributed by atoms with Crippen molar-refractivity contribution in [3.63, 3.8) is 0 Å². The van der Waals surface area contributed by atoms with Crippen molar-refractivity contribution in [2.45, 2.75) is 31.8 Å². The Hall–Kier alpha value is -3.48. The van der Waals surface area contributed by atoms with E-state index in [-0.39, 0.29) is 17.5 Å². The van der Waals surface area contributed by atoms with Crippen LogP contribution < -0.4 is 5.56 Å². The summed E-state index contributed by atoms with van der Waals surface area (Å²) in [5, 5.41) is 5.60. The number of benzene rings is 2. The largest absolute Gasteiger partial charge is 0.340 e. The summed E-state index contributed by atoms with van der Waals surface area (Å²) in [4.78, 5) is 36.0. The molecule has 7 heteroatoms. The summed E-state index contributed by atoms with van der Waals surface area (Å²) in [7, 11) is 0. The van der Waals surface area contributed by atoms with Gasteiger partial charge in [0.05, 0.1) is 28.7 Å². The van der Waals surface area contributed by atoms with Crippen LogP contribution in [0.2, 0.25) is 0 Å². The van der Waals surface area contributed by atoms with Crippen LogP contribution in [-0.4, -0.2) is 37.1 Å². The van der Waals surface area contributed by atoms with Gasteiger partial charge in [-0.05, 0) is 38.0 Å². The van der Waals surface area contributed by atoms with Crippen LogP contribution >= 0.6 is 0 Å². The van der Waals surface area contributed by atoms with Crippen LogP contribution in [0, 0.1) is 0 Å². The van der Waals surface area contributed by atoms with Crippen molar-refractivity contribution in [1.29, 1.82) is 0 Å². The maximum Gasteiger partial charge on any atom is 0.275 e. The third kappa shape index (κ3) is 2.90. The van der Waals surface area contributed by atoms with E-state index < -0.39 is 6.04 Å². The van der Waals surface area contributed by atoms with Crippen LogP contribution in [0.1, 0.15) is 37.7 Å². The number of rotatable bonds is 3. The average molecular weight is 387 g/mol. The highest BCUT2D eigenvalue weighted by atomic mass is 16.2. The van der Waals surface area contributed by atoms with E-state index in [4.69, 9.17) is 0 Å². The topological polar surface area (TPSA) is 83.9 Å². The molecule has 29 heavy (non-hydrogen) atoms. The van der Waals surface area contributed by atoms with Crippen molar-refractivity contribution >= 4 is 27.7 Å². The second-order valence-electron chi connectivity index (χ2n) is 7.49. The summed E-state index contributed by atoms with van der Waals surface area (Å²) >= 11 is 0. The Morgan fingerprint density at radius 2 is 1.97 bits per heavy atom. The summed E-state index contributed by atoms with van der Waals surface area (Å²) in [5.41, 5.74) is 1.60. The Labute approximate surface area is 167 Å². The fourth-order valence-electron chi connectivity index (χ4n) is 4.17. The molecule has 1 saturated heterocycles. The van der Waals surface area contributed by atoms with E-state index in [1.165, 1.54) is 4.68 Å². The van der Waals surface area contributed by atoms with E-state index in [9.17, 15) is 9.59 Å². The standard InChI is InChI=1S/C22H21N5O2/c1-14(27-22(29)16-8-3-2-7-15(16)13-23-27)21(28)26-12-6-11-19(26)20-24-17-9-4-5-10-18(17)25-20/h2-5,7-10,13-14,19H,6,11-12H2,1H3,(H,24,25). The number of nitrogens with zero attached hydrogens (tertiary/aromatic N) is 4. The highest BCUT2D eigenvalue weighted by Crippen LogP contribution is 2.33. The second kappa shape index (κ2) is 6.84. The van der Waals surface area contributed by atoms with Crippen molar-refractivity contribution in [2.24, 2.45) is 0 Å². The first kappa shape index (κ1) is 17.6. The Morgan fingerprint density at radius 3 is 2.83 bits per heavy atom. The highest BCUT2D eigenvalue weighted by Gasteiger charge is 2.35. The van der Waals surface area contributed by atoms with Gasteiger partial charge in [0.1, 0.15) is 11.9 Å². The average Bonchev–Trinajstić information content (AvgIpc) is 3.40. The molecule has 146 valence electrons. The minimum atomic E-state index is -0.683. The molecule has 2 unspecified atom stereocenters. The van der Waals surface area contributed by atoms with Crippen LogP contribution in [0.4, 0.5) is 0 Å². The molecule has 0 radical (unpaired) electrons. The van der Waals surface area contributed by atoms with Crippen LogP contribution in [0.25, 0.3) is 21.8 Å². The molecule has 2 aromatic carbocycles. The van der Waals surface area contributed by atoms with Crippen molar-refractivity contribution < 1.29 is 4.79 Å². The molecule has 0 saturated carbocycles. The Balaban J connectivity index is 1.47. The quantitative estimate of drug-likeness (QED) is 0.585. The Morgan fingerprint density at radius 1 is 1.17 bits per heavy atom. The molecule has 3 heterocycles. The van der Waals surface area contributed by atoms with Gasteiger partial charge in [-0.15, -0.1) is 0 Å². The molecule has 7 nitrogen and oxygen atoms in total. The normalized spacial score (nSPS) is 17.8. The molecule has 4 aromatic rings. The van der Waals surface area contributed by atoms with Gasteiger partial charge in [-0.3, -0.25) is 9.59 Å². The van der Waals surface area contributed by atoms with Crippen LogP contribution in [-0.2, 0) is 4.79 Å². The predicted octanol–water partition coefficient (Wildman–Crippen LogP) is 3.20. The molecule has 1 fully saturated rings. The first-order valence-electron chi connectivity index (χ1n) is 9.85. The first-order chi connectivity index (χ1) is 14.1. The molecule has 5 rings (SSSR count). The third-order valence-electron chi connectivity index (χ3n) is 5.70. The number of aromatic nitrogens is 4. The molecular weight excluding hydrogens is 366 g/mol. The molecule has 1 aliphatic heterocycles. The zero-order valence-corrected chi connectivity index (χ0v) is 16.1. The molecule has 1 N–H and O–H groups in total. The number of para-hydroxylation sites is 2. The van der Waals surface area contributed by atoms with Crippen molar-refractivity contribution in [3.05, 3.63) is 70.9 Å². The van der Waals surface area contributed by atoms with Crippen molar-refractivity contribution in [2.75, 3.05) is 6.54 Å². The molecule has 2 aromatic heterocycles. The van der Waals surface area contributed by atoms with E-state index >= 15 is 0 Å². The molecule has 2 atom stereocenters. The number of aromatic amines is 1. The number of imidazole rings is 1. The van der Waals surface area contributed by atoms with Gasteiger partial charge in [0.25, 0.3) is 5.56 Å². The van der Waals surface area contributed by atoms with Gasteiger partial charge < -0.3 is 9.88 Å². The fourth-order valence-corrected chi connectivity index (χ4v) is 4.17. The SMILES string of the molecule is CC(C(=O)N1CCCC1c1nc2ccccc2[nH]1)n1ncc2ccccc2c1=O. The maximum atomic E-state index is 13.3. The monoisotopic (exact) mass is 387 g/mol. The van der Waals surface area contributed by atoms with Gasteiger partial charge in [-0.25, -0.2) is 9.67 Å². The van der Waals surface area contributed by atoms with Crippen LogP contribution in [0.5, 0.6) is 0 Å². The van der Waals surface area contributed by atoms with E-state index in [1.54, 1.807) is 19.2 Å². The lowest BCUT2D eigenvalue weighted by atomic mass is 10.2. The van der Waals surface area contributed by atoms with Gasteiger partial charge in [-0.2, -0.15) is 5.10 Å². The number of amides is 1. The molecule has 1 aliphatic rings. The zero-order valence-electron chi connectivity index (χ0n) is 16.1. The van der Waals surface area contributed by atoms with E-state index in [0.717, 1.165) is 35.1 Å². The van der Waals surface area contributed by atoms with Crippen molar-refractivity contribution in [1.82, 2.24) is 24.6 Å². The smallest absolute Gasteiger partial charge is 0.275 e. The van der Waals surface area contributed by atoms with Gasteiger partial charge in [0.15, 0.2) is 0 Å². The van der Waals surface area contributed by atoms with Gasteiger partial charge in [0.2, 0.25) is 5.91 Å². The number of hydrogen-bond donors (Lipinski definition) is 1. The lowest BCUT2D eigenvalue weighted by molar-refractivity contribution is -0.135. The highest BCUT2D eigenvalue weighted by molar-refractivity contribution is 5.83. The molecule has 0 aliphatic carbocycles. The summed E-state index contributed by atoms with van der Waals surface area (Å²) in [5.74, 6) is 0.681. The van der Waals surface area contributed by atoms with Gasteiger partial charge in [-0.1, -0.05) is 30.3 Å². The number of likely N-dealkylation sites (tertiary alicyclic amines) is 1. The number of fused-ring (bicyclic) bond motifs is 2. The summed E-state index contributed by atoms with van der Waals surface area (Å²) in [6.07, 6.45) is 3.39. The number of H-pyrrole nitrogens is 1. The van der Waals surface area contributed by atoms with Crippen LogP contribution in [0.15, 0.2) is 59.5 Å². The zero-order chi connectivity index (χ0) is 20.0. The molecule has 0 spiro atoms. The number of carbonyl (C=O) groups excluding carboxylic acids is 1. The Kier molecular flexibility index (Phi) is 4.16. The van der Waals surface area contributed by atoms with Crippen molar-refractivity contribution in [3.8, 4) is 0 Å². The van der Waals surface area contributed by atoms with E-state index in [1.807, 2.05) is 47.4 Å². The summed E-state index contributed by atoms with van der Waals surface area (Å²) < 4.78 is 1.29. The minimum Gasteiger partial charge on any atom is -0.340 e. The van der Waals surface area contributed by atoms with Crippen LogP contribution in [0.3, 0.4) is 0 Å². The number of nitrogens with one attached hydrogen (secondary N) is 1. The maximum absolute atomic E-state index is 13.3. The number of hydrogen-bond acceptors (Lipinski definition) is 4. The lowest BCUT2D eigenvalue weighted by Crippen LogP contribution is -2.40. The molecular formula is C22H21N5O2. The summed E-state index contributed by atoms with van der Waals surface area (Å²) in [6.45, 7) is 2.38. The van der Waals surface area contributed by atoms with E-state index in [2.05, 4.69) is 15.1 Å². The van der Waals surface area contributed by atoms with Gasteiger partial charge in [0, 0.05) is 11.9 Å².